The average Bonchev–Trinajstić information content (AvgIpc) is 3.94. The Morgan fingerprint density at radius 1 is 0.953 bits per heavy atom. The first-order valence-corrected chi connectivity index (χ1v) is 22.9. The van der Waals surface area contributed by atoms with E-state index < -0.39 is 121 Å². The molecule has 3 N–H and O–H groups in total. The number of benzene rings is 1. The molecule has 20 heteroatoms. The largest absolute Gasteiger partial charge is 0.403 e. The second-order valence-electron chi connectivity index (χ2n) is 18.5. The Morgan fingerprint density at radius 3 is 2.22 bits per heavy atom. The van der Waals surface area contributed by atoms with E-state index in [2.05, 4.69) is 16.0 Å². The van der Waals surface area contributed by atoms with Gasteiger partial charge in [-0.15, -0.1) is 0 Å². The number of alkyl halides is 4. The second kappa shape index (κ2) is 21.0. The molecule has 0 unspecified atom stereocenters. The molecule has 5 rings (SSSR count). The Hall–Kier alpha value is -4.19. The highest BCUT2D eigenvalue weighted by atomic mass is 35.5. The van der Waals surface area contributed by atoms with Crippen LogP contribution in [-0.4, -0.2) is 143 Å². The molecule has 2 aliphatic heterocycles. The van der Waals surface area contributed by atoms with E-state index >= 15 is 0 Å². The fourth-order valence-corrected chi connectivity index (χ4v) is 9.24. The molecule has 1 aromatic rings. The van der Waals surface area contributed by atoms with Crippen molar-refractivity contribution in [2.75, 3.05) is 33.7 Å². The molecule has 0 aromatic heterocycles. The molecule has 0 bridgehead atoms. The summed E-state index contributed by atoms with van der Waals surface area (Å²) >= 11 is 12.8. The van der Waals surface area contributed by atoms with Gasteiger partial charge in [0, 0.05) is 50.1 Å². The van der Waals surface area contributed by atoms with Crippen LogP contribution in [0.25, 0.3) is 0 Å². The number of carbonyl (C=O) groups excluding carboxylic acids is 7. The van der Waals surface area contributed by atoms with Crippen molar-refractivity contribution < 1.29 is 51.1 Å². The second-order valence-corrected chi connectivity index (χ2v) is 19.3. The first-order valence-electron chi connectivity index (χ1n) is 22.1. The van der Waals surface area contributed by atoms with E-state index in [1.165, 1.54) is 35.6 Å². The molecule has 7 amide bonds. The maximum absolute atomic E-state index is 14.8. The quantitative estimate of drug-likeness (QED) is 0.268. The summed E-state index contributed by atoms with van der Waals surface area (Å²) < 4.78 is 57.3. The monoisotopic (exact) mass is 945 g/mol. The highest BCUT2D eigenvalue weighted by molar-refractivity contribution is 6.33. The molecule has 14 nitrogen and oxygen atoms in total. The first kappa shape index (κ1) is 50.8. The van der Waals surface area contributed by atoms with Crippen LogP contribution in [-0.2, 0) is 40.0 Å². The molecule has 2 saturated heterocycles. The number of hydrogen-bond donors (Lipinski definition) is 3. The molecule has 1 aromatic carbocycles. The predicted molar refractivity (Wildman–Crippen MR) is 230 cm³/mol. The molecular formula is C44H61Cl2F4N7O7. The van der Waals surface area contributed by atoms with Gasteiger partial charge in [0.2, 0.25) is 41.4 Å². The molecule has 356 valence electrons. The molecule has 4 fully saturated rings. The van der Waals surface area contributed by atoms with E-state index in [9.17, 15) is 51.1 Å². The third-order valence-corrected chi connectivity index (χ3v) is 13.6. The summed E-state index contributed by atoms with van der Waals surface area (Å²) in [4.78, 5) is 103. The zero-order chi connectivity index (χ0) is 47.4. The lowest BCUT2D eigenvalue weighted by Gasteiger charge is -2.44. The lowest BCUT2D eigenvalue weighted by molar-refractivity contribution is -0.248. The minimum atomic E-state index is -4.89. The van der Waals surface area contributed by atoms with Crippen molar-refractivity contribution in [3.05, 3.63) is 33.8 Å². The average molecular weight is 947 g/mol. The molecular weight excluding hydrogens is 885 g/mol. The number of carbonyl (C=O) groups is 7. The van der Waals surface area contributed by atoms with Gasteiger partial charge in [-0.3, -0.25) is 33.6 Å². The lowest BCUT2D eigenvalue weighted by atomic mass is 9.67. The first-order chi connectivity index (χ1) is 29.9. The molecule has 2 saturated carbocycles. The van der Waals surface area contributed by atoms with Crippen LogP contribution in [0.4, 0.5) is 17.6 Å². The summed E-state index contributed by atoms with van der Waals surface area (Å²) in [5.74, 6) is -5.53. The van der Waals surface area contributed by atoms with Crippen LogP contribution in [0.3, 0.4) is 0 Å². The molecule has 0 radical (unpaired) electrons. The summed E-state index contributed by atoms with van der Waals surface area (Å²) in [7, 11) is 2.98. The molecule has 7 atom stereocenters. The highest BCUT2D eigenvalue weighted by Crippen LogP contribution is 2.54. The predicted octanol–water partition coefficient (Wildman–Crippen LogP) is 4.82. The van der Waals surface area contributed by atoms with Gasteiger partial charge in [0.05, 0.1) is 6.54 Å². The zero-order valence-corrected chi connectivity index (χ0v) is 38.8. The van der Waals surface area contributed by atoms with Gasteiger partial charge in [-0.25, -0.2) is 4.39 Å². The molecule has 0 spiro atoms. The Labute approximate surface area is 381 Å². The van der Waals surface area contributed by atoms with Gasteiger partial charge in [0.15, 0.2) is 0 Å². The lowest BCUT2D eigenvalue weighted by Crippen LogP contribution is -2.61. The smallest absolute Gasteiger partial charge is 0.344 e. The summed E-state index contributed by atoms with van der Waals surface area (Å²) in [6, 6.07) is -2.83. The van der Waals surface area contributed by atoms with Gasteiger partial charge in [0.25, 0.3) is 0 Å². The van der Waals surface area contributed by atoms with E-state index in [-0.39, 0.29) is 50.6 Å². The fraction of sp³-hybridized carbons (Fsp3) is 0.705. The van der Waals surface area contributed by atoms with Gasteiger partial charge in [-0.2, -0.15) is 13.2 Å². The van der Waals surface area contributed by atoms with Gasteiger partial charge >= 0.3 is 6.18 Å². The third kappa shape index (κ3) is 11.8. The van der Waals surface area contributed by atoms with E-state index in [0.29, 0.717) is 33.4 Å². The summed E-state index contributed by atoms with van der Waals surface area (Å²) in [6.45, 7) is 6.23. The van der Waals surface area contributed by atoms with Crippen LogP contribution < -0.4 is 16.0 Å². The van der Waals surface area contributed by atoms with Gasteiger partial charge < -0.3 is 35.6 Å². The normalized spacial score (nSPS) is 26.9. The van der Waals surface area contributed by atoms with Crippen LogP contribution >= 0.6 is 23.2 Å². The number of hydrogen-bond acceptors (Lipinski definition) is 7. The standard InChI is InChI=1S/C44H61Cl2F4N7O7/c1-24(2)18-32-41(63)55(6)34(20-28-19-29(45)13-14-31(28)46)37(59)51-25(3)39(61)54(5)17-8-7-10-33(36(58)53-32)56(22-27-11-12-27)40(62)26(4)52-38(60)35-21-30(47)23-57(35)42(64)43(15-9-16-43)44(48,49)50/h13-14,19,24-27,30,32-35H,7-12,15-18,20-23H2,1-6H3,(H,51,59)(H,52,60)(H,53,58)/t25-,26+,30-,32+,33+,34+,35+/m1/s1. The Bertz CT molecular complexity index is 1930. The summed E-state index contributed by atoms with van der Waals surface area (Å²) in [6.07, 6.45) is -5.64. The summed E-state index contributed by atoms with van der Waals surface area (Å²) in [5, 5.41) is 8.78. The van der Waals surface area contributed by atoms with Crippen LogP contribution in [0, 0.1) is 17.3 Å². The Kier molecular flexibility index (Phi) is 16.6. The topological polar surface area (TPSA) is 169 Å². The number of rotatable bonds is 11. The molecule has 2 aliphatic carbocycles. The number of amides is 7. The van der Waals surface area contributed by atoms with Crippen molar-refractivity contribution in [1.29, 1.82) is 0 Å². The van der Waals surface area contributed by atoms with E-state index in [4.69, 9.17) is 23.2 Å². The van der Waals surface area contributed by atoms with Crippen molar-refractivity contribution in [1.82, 2.24) is 35.6 Å². The maximum atomic E-state index is 14.8. The molecule has 64 heavy (non-hydrogen) atoms. The van der Waals surface area contributed by atoms with E-state index in [1.54, 1.807) is 25.2 Å². The SMILES string of the molecule is CC(C)C[C@@H]1NC(=O)[C@@H](N(CC2CC2)C(=O)[C@H](C)NC(=O)[C@@H]2C[C@@H](F)CN2C(=O)C2(C(F)(F)F)CCC2)CCCCN(C)C(=O)[C@@H](C)NC(=O)[C@H](Cc2cc(Cl)ccc2Cl)N(C)C1=O. The number of nitrogens with one attached hydrogen (secondary N) is 3. The number of likely N-dealkylation sites (tertiary alicyclic amines) is 1. The van der Waals surface area contributed by atoms with Gasteiger partial charge in [0.1, 0.15) is 47.8 Å². The minimum Gasteiger partial charge on any atom is -0.344 e. The van der Waals surface area contributed by atoms with Crippen molar-refractivity contribution >= 4 is 64.6 Å². The fourth-order valence-electron chi connectivity index (χ4n) is 8.85. The van der Waals surface area contributed by atoms with Gasteiger partial charge in [-0.1, -0.05) is 43.5 Å². The number of halogens is 6. The van der Waals surface area contributed by atoms with E-state index in [1.807, 2.05) is 13.8 Å². The minimum absolute atomic E-state index is 0.0124. The van der Waals surface area contributed by atoms with Crippen molar-refractivity contribution in [2.45, 2.75) is 147 Å². The third-order valence-electron chi connectivity index (χ3n) is 13.0. The maximum Gasteiger partial charge on any atom is 0.403 e. The Balaban J connectivity index is 1.44. The Morgan fingerprint density at radius 2 is 1.62 bits per heavy atom. The van der Waals surface area contributed by atoms with Crippen molar-refractivity contribution in [2.24, 2.45) is 17.3 Å². The molecule has 4 aliphatic rings. The van der Waals surface area contributed by atoms with Crippen molar-refractivity contribution in [3.8, 4) is 0 Å². The highest BCUT2D eigenvalue weighted by Gasteiger charge is 2.65. The van der Waals surface area contributed by atoms with Crippen LogP contribution in [0.2, 0.25) is 10.0 Å². The van der Waals surface area contributed by atoms with Crippen LogP contribution in [0.5, 0.6) is 0 Å². The number of nitrogens with zero attached hydrogens (tertiary/aromatic N) is 4. The molecule has 2 heterocycles. The van der Waals surface area contributed by atoms with Crippen LogP contribution in [0.1, 0.15) is 97.5 Å². The van der Waals surface area contributed by atoms with Gasteiger partial charge in [-0.05, 0) is 101 Å². The van der Waals surface area contributed by atoms with Crippen LogP contribution in [0.15, 0.2) is 18.2 Å². The summed E-state index contributed by atoms with van der Waals surface area (Å²) in [5.41, 5.74) is -2.24. The zero-order valence-electron chi connectivity index (χ0n) is 37.2. The number of likely N-dealkylation sites (N-methyl/N-ethyl adjacent to an activating group) is 2. The van der Waals surface area contributed by atoms with E-state index in [0.717, 1.165) is 12.8 Å². The van der Waals surface area contributed by atoms with Crippen molar-refractivity contribution in [3.63, 3.8) is 0 Å².